The normalized spacial score (nSPS) is 36.5. The zero-order valence-electron chi connectivity index (χ0n) is 20.9. The second-order valence-electron chi connectivity index (χ2n) is 11.8. The van der Waals surface area contributed by atoms with E-state index in [1.807, 2.05) is 19.2 Å². The van der Waals surface area contributed by atoms with E-state index in [2.05, 4.69) is 11.8 Å². The first-order valence-corrected chi connectivity index (χ1v) is 13.3. The molecule has 36 heavy (non-hydrogen) atoms. The third-order valence-electron chi connectivity index (χ3n) is 9.84. The lowest BCUT2D eigenvalue weighted by Crippen LogP contribution is -2.79. The Kier molecular flexibility index (Phi) is 4.75. The number of ether oxygens (including phenoxy) is 1. The van der Waals surface area contributed by atoms with Crippen molar-refractivity contribution in [2.45, 2.75) is 68.2 Å². The predicted octanol–water partition coefficient (Wildman–Crippen LogP) is 3.34. The number of furan rings is 1. The Balaban J connectivity index is 1.30. The summed E-state index contributed by atoms with van der Waals surface area (Å²) in [5, 5.41) is 23.6. The summed E-state index contributed by atoms with van der Waals surface area (Å²) in [6, 6.07) is 5.34. The molecule has 3 fully saturated rings. The van der Waals surface area contributed by atoms with Crippen LogP contribution in [0.5, 0.6) is 11.5 Å². The standard InChI is InChI=1S/C29H34N2O5/c1-17-14-29(34)22-13-20-6-7-21(32)26-24(20)28(29,10-11-31(22)15-18-3-4-18)27(36-26)25(17)30(2)23(33)8-5-19-9-12-35-16-19/h5-9,12,16-18,22,25,27,32,34H,3-4,10-11,13-15H2,1-2H3/b8-5+/t17-,22-,25+,27+,28+,29-/m1/s1. The van der Waals surface area contributed by atoms with Gasteiger partial charge in [0.05, 0.1) is 29.6 Å². The van der Waals surface area contributed by atoms with Gasteiger partial charge in [-0.05, 0) is 74.3 Å². The van der Waals surface area contributed by atoms with Gasteiger partial charge in [0, 0.05) is 36.8 Å². The molecule has 3 aliphatic carbocycles. The quantitative estimate of drug-likeness (QED) is 0.626. The summed E-state index contributed by atoms with van der Waals surface area (Å²) in [5.41, 5.74) is 1.38. The average molecular weight is 491 g/mol. The zero-order chi connectivity index (χ0) is 24.8. The van der Waals surface area contributed by atoms with Gasteiger partial charge in [-0.1, -0.05) is 13.0 Å². The first kappa shape index (κ1) is 22.4. The second kappa shape index (κ2) is 7.62. The van der Waals surface area contributed by atoms with Crippen molar-refractivity contribution in [1.29, 1.82) is 0 Å². The molecule has 2 N–H and O–H groups in total. The summed E-state index contributed by atoms with van der Waals surface area (Å²) >= 11 is 0. The van der Waals surface area contributed by atoms with Crippen LogP contribution in [0.1, 0.15) is 49.3 Å². The van der Waals surface area contributed by atoms with Crippen molar-refractivity contribution in [1.82, 2.24) is 9.80 Å². The Morgan fingerprint density at radius 3 is 2.89 bits per heavy atom. The number of rotatable bonds is 5. The third-order valence-corrected chi connectivity index (χ3v) is 9.84. The maximum atomic E-state index is 13.3. The maximum Gasteiger partial charge on any atom is 0.246 e. The highest BCUT2D eigenvalue weighted by Crippen LogP contribution is 2.66. The molecule has 0 radical (unpaired) electrons. The summed E-state index contributed by atoms with van der Waals surface area (Å²) in [6.45, 7) is 4.07. The Morgan fingerprint density at radius 2 is 2.14 bits per heavy atom. The van der Waals surface area contributed by atoms with E-state index in [1.165, 1.54) is 18.4 Å². The van der Waals surface area contributed by atoms with Crippen molar-refractivity contribution in [3.05, 3.63) is 53.5 Å². The molecule has 1 aromatic heterocycles. The van der Waals surface area contributed by atoms with Crippen molar-refractivity contribution >= 4 is 12.0 Å². The first-order chi connectivity index (χ1) is 17.3. The monoisotopic (exact) mass is 490 g/mol. The number of benzene rings is 1. The lowest BCUT2D eigenvalue weighted by molar-refractivity contribution is -0.212. The number of phenols is 1. The molecule has 2 saturated carbocycles. The summed E-state index contributed by atoms with van der Waals surface area (Å²) in [4.78, 5) is 17.6. The molecule has 1 amide bonds. The van der Waals surface area contributed by atoms with Gasteiger partial charge in [0.15, 0.2) is 11.5 Å². The lowest BCUT2D eigenvalue weighted by atomic mass is 9.46. The number of aliphatic hydroxyl groups is 1. The highest BCUT2D eigenvalue weighted by molar-refractivity contribution is 5.92. The Bertz CT molecular complexity index is 1240. The van der Waals surface area contributed by atoms with Crippen molar-refractivity contribution in [3.8, 4) is 11.5 Å². The van der Waals surface area contributed by atoms with Gasteiger partial charge in [-0.25, -0.2) is 0 Å². The summed E-state index contributed by atoms with van der Waals surface area (Å²) in [5.74, 6) is 1.29. The van der Waals surface area contributed by atoms with E-state index in [0.29, 0.717) is 12.2 Å². The van der Waals surface area contributed by atoms with E-state index in [0.717, 1.165) is 43.0 Å². The highest BCUT2D eigenvalue weighted by atomic mass is 16.5. The highest BCUT2D eigenvalue weighted by Gasteiger charge is 2.74. The van der Waals surface area contributed by atoms with Gasteiger partial charge >= 0.3 is 0 Å². The number of amides is 1. The average Bonchev–Trinajstić information content (AvgIpc) is 3.36. The molecule has 7 nitrogen and oxygen atoms in total. The largest absolute Gasteiger partial charge is 0.504 e. The van der Waals surface area contributed by atoms with E-state index in [4.69, 9.17) is 9.15 Å². The van der Waals surface area contributed by atoms with Crippen LogP contribution in [0.3, 0.4) is 0 Å². The number of hydrogen-bond donors (Lipinski definition) is 2. The zero-order valence-corrected chi connectivity index (χ0v) is 20.9. The van der Waals surface area contributed by atoms with Gasteiger partial charge < -0.3 is 24.3 Å². The molecule has 6 atom stereocenters. The number of likely N-dealkylation sites (N-methyl/N-ethyl adjacent to an activating group) is 1. The Labute approximate surface area is 211 Å². The number of likely N-dealkylation sites (tertiary alicyclic amines) is 1. The molecular weight excluding hydrogens is 456 g/mol. The van der Waals surface area contributed by atoms with E-state index < -0.39 is 17.1 Å². The minimum Gasteiger partial charge on any atom is -0.504 e. The minimum atomic E-state index is -0.969. The number of aromatic hydroxyl groups is 1. The van der Waals surface area contributed by atoms with Crippen LogP contribution >= 0.6 is 0 Å². The molecule has 1 saturated heterocycles. The van der Waals surface area contributed by atoms with Crippen molar-refractivity contribution < 1.29 is 24.2 Å². The van der Waals surface area contributed by atoms with E-state index in [-0.39, 0.29) is 29.7 Å². The Hall–Kier alpha value is -2.77. The number of carbonyl (C=O) groups is 1. The van der Waals surface area contributed by atoms with Crippen LogP contribution in [0.4, 0.5) is 0 Å². The van der Waals surface area contributed by atoms with Gasteiger partial charge in [0.1, 0.15) is 6.10 Å². The summed E-state index contributed by atoms with van der Waals surface area (Å²) < 4.78 is 11.8. The van der Waals surface area contributed by atoms with Crippen molar-refractivity contribution in [2.24, 2.45) is 11.8 Å². The molecule has 1 aromatic carbocycles. The molecular formula is C29H34N2O5. The number of piperidine rings is 1. The molecule has 190 valence electrons. The number of nitrogens with zero attached hydrogens (tertiary/aromatic N) is 2. The van der Waals surface area contributed by atoms with E-state index >= 15 is 0 Å². The van der Waals surface area contributed by atoms with Gasteiger partial charge in [0.25, 0.3) is 0 Å². The molecule has 7 rings (SSSR count). The third kappa shape index (κ3) is 2.90. The number of phenolic OH excluding ortho intramolecular Hbond substituents is 1. The predicted molar refractivity (Wildman–Crippen MR) is 134 cm³/mol. The van der Waals surface area contributed by atoms with Crippen LogP contribution in [0.25, 0.3) is 6.08 Å². The van der Waals surface area contributed by atoms with E-state index in [1.54, 1.807) is 35.6 Å². The van der Waals surface area contributed by atoms with Crippen LogP contribution < -0.4 is 4.74 Å². The number of carbonyl (C=O) groups excluding carboxylic acids is 1. The van der Waals surface area contributed by atoms with Gasteiger partial charge in [-0.2, -0.15) is 0 Å². The SMILES string of the molecule is C[C@@H]1C[C@@]2(O)[C@H]3Cc4ccc(O)c5c4[C@@]2(CCN3CC2CC2)[C@@H](O5)[C@H]1N(C)C(=O)/C=C/c1ccoc1. The van der Waals surface area contributed by atoms with Crippen molar-refractivity contribution in [3.63, 3.8) is 0 Å². The van der Waals surface area contributed by atoms with E-state index in [9.17, 15) is 15.0 Å². The van der Waals surface area contributed by atoms with Gasteiger partial charge in [0.2, 0.25) is 5.91 Å². The molecule has 2 aliphatic heterocycles. The minimum absolute atomic E-state index is 0.0192. The van der Waals surface area contributed by atoms with Crippen LogP contribution in [0.15, 0.2) is 41.2 Å². The van der Waals surface area contributed by atoms with Crippen LogP contribution in [-0.2, 0) is 16.6 Å². The lowest BCUT2D eigenvalue weighted by Gasteiger charge is -2.66. The first-order valence-electron chi connectivity index (χ1n) is 13.3. The smallest absolute Gasteiger partial charge is 0.246 e. The maximum absolute atomic E-state index is 13.3. The summed E-state index contributed by atoms with van der Waals surface area (Å²) in [6.07, 6.45) is 10.8. The molecule has 2 aromatic rings. The molecule has 2 bridgehead atoms. The molecule has 5 aliphatic rings. The molecule has 0 unspecified atom stereocenters. The molecule has 1 spiro atoms. The van der Waals surface area contributed by atoms with Gasteiger partial charge in [-0.15, -0.1) is 0 Å². The van der Waals surface area contributed by atoms with Crippen molar-refractivity contribution in [2.75, 3.05) is 20.1 Å². The topological polar surface area (TPSA) is 86.4 Å². The molecule has 7 heteroatoms. The fraction of sp³-hybridized carbons (Fsp3) is 0.552. The second-order valence-corrected chi connectivity index (χ2v) is 11.8. The number of hydrogen-bond acceptors (Lipinski definition) is 6. The molecule has 3 heterocycles. The van der Waals surface area contributed by atoms with Crippen LogP contribution in [0.2, 0.25) is 0 Å². The fourth-order valence-corrected chi connectivity index (χ4v) is 8.12. The van der Waals surface area contributed by atoms with Gasteiger partial charge in [-0.3, -0.25) is 9.69 Å². The van der Waals surface area contributed by atoms with Crippen LogP contribution in [-0.4, -0.2) is 69.8 Å². The fourth-order valence-electron chi connectivity index (χ4n) is 8.12. The Morgan fingerprint density at radius 1 is 1.31 bits per heavy atom. The summed E-state index contributed by atoms with van der Waals surface area (Å²) in [7, 11) is 1.83. The van der Waals surface area contributed by atoms with Crippen LogP contribution in [0, 0.1) is 11.8 Å².